The molecular weight excluding hydrogens is 212 g/mol. The van der Waals surface area contributed by atoms with Crippen molar-refractivity contribution in [1.82, 2.24) is 10.2 Å². The molecule has 2 saturated carbocycles. The second-order valence-electron chi connectivity index (χ2n) is 6.78. The van der Waals surface area contributed by atoms with Gasteiger partial charge in [-0.25, -0.2) is 0 Å². The molecule has 0 aromatic carbocycles. The maximum absolute atomic E-state index is 10.4. The number of fused-ring (bicyclic) bond motifs is 2. The molecule has 3 rings (SSSR count). The van der Waals surface area contributed by atoms with Gasteiger partial charge in [0.1, 0.15) is 0 Å². The summed E-state index contributed by atoms with van der Waals surface area (Å²) in [5.41, 5.74) is -0.466. The summed E-state index contributed by atoms with van der Waals surface area (Å²) < 4.78 is 0. The third-order valence-electron chi connectivity index (χ3n) is 5.22. The summed E-state index contributed by atoms with van der Waals surface area (Å²) in [6.07, 6.45) is 6.80. The Labute approximate surface area is 105 Å². The molecule has 1 saturated heterocycles. The van der Waals surface area contributed by atoms with Crippen molar-refractivity contribution in [3.05, 3.63) is 0 Å². The summed E-state index contributed by atoms with van der Waals surface area (Å²) in [5, 5.41) is 13.6. The number of rotatable bonds is 4. The van der Waals surface area contributed by atoms with Crippen LogP contribution in [0.15, 0.2) is 0 Å². The number of nitrogens with zero attached hydrogens (tertiary/aromatic N) is 1. The fourth-order valence-electron chi connectivity index (χ4n) is 4.43. The monoisotopic (exact) mass is 238 g/mol. The van der Waals surface area contributed by atoms with E-state index in [1.807, 2.05) is 0 Å². The van der Waals surface area contributed by atoms with E-state index >= 15 is 0 Å². The highest BCUT2D eigenvalue weighted by atomic mass is 16.3. The average molecular weight is 238 g/mol. The Hall–Kier alpha value is -0.120. The lowest BCUT2D eigenvalue weighted by molar-refractivity contribution is 0.0221. The van der Waals surface area contributed by atoms with E-state index in [-0.39, 0.29) is 0 Å². The van der Waals surface area contributed by atoms with Gasteiger partial charge >= 0.3 is 0 Å². The number of aliphatic hydroxyl groups is 1. The minimum atomic E-state index is -0.466. The van der Waals surface area contributed by atoms with E-state index in [0.29, 0.717) is 0 Å². The van der Waals surface area contributed by atoms with Gasteiger partial charge in [0, 0.05) is 19.6 Å². The second-order valence-corrected chi connectivity index (χ2v) is 6.78. The maximum atomic E-state index is 10.4. The van der Waals surface area contributed by atoms with Gasteiger partial charge in [-0.15, -0.1) is 0 Å². The standard InChI is InChI=1S/C14H26N2O/c1-16(10-14(17)4-5-15-9-14)8-13-7-11-2-3-12(13)6-11/h11-13,15,17H,2-10H2,1H3. The predicted molar refractivity (Wildman–Crippen MR) is 68.9 cm³/mol. The molecule has 0 aromatic heterocycles. The second kappa shape index (κ2) is 4.52. The van der Waals surface area contributed by atoms with Gasteiger partial charge in [0.05, 0.1) is 5.60 Å². The van der Waals surface area contributed by atoms with Crippen LogP contribution in [0, 0.1) is 17.8 Å². The molecule has 98 valence electrons. The first kappa shape index (κ1) is 11.9. The maximum Gasteiger partial charge on any atom is 0.0909 e. The SMILES string of the molecule is CN(CC1CC2CCC1C2)CC1(O)CCNC1. The van der Waals surface area contributed by atoms with E-state index in [4.69, 9.17) is 0 Å². The van der Waals surface area contributed by atoms with Crippen LogP contribution in [-0.4, -0.2) is 48.8 Å². The van der Waals surface area contributed by atoms with Gasteiger partial charge in [0.2, 0.25) is 0 Å². The predicted octanol–water partition coefficient (Wildman–Crippen LogP) is 1.08. The topological polar surface area (TPSA) is 35.5 Å². The number of hydrogen-bond donors (Lipinski definition) is 2. The summed E-state index contributed by atoms with van der Waals surface area (Å²) >= 11 is 0. The molecule has 0 aromatic rings. The molecule has 3 aliphatic rings. The van der Waals surface area contributed by atoms with Crippen LogP contribution in [0.2, 0.25) is 0 Å². The van der Waals surface area contributed by atoms with Crippen molar-refractivity contribution in [3.8, 4) is 0 Å². The van der Waals surface area contributed by atoms with Gasteiger partial charge in [0.15, 0.2) is 0 Å². The van der Waals surface area contributed by atoms with Crippen LogP contribution in [0.1, 0.15) is 32.1 Å². The van der Waals surface area contributed by atoms with E-state index in [9.17, 15) is 5.11 Å². The molecule has 3 nitrogen and oxygen atoms in total. The summed E-state index contributed by atoms with van der Waals surface area (Å²) in [6.45, 7) is 3.78. The van der Waals surface area contributed by atoms with Crippen molar-refractivity contribution in [3.63, 3.8) is 0 Å². The Bertz CT molecular complexity index is 275. The molecule has 4 unspecified atom stereocenters. The highest BCUT2D eigenvalue weighted by molar-refractivity contribution is 4.93. The molecule has 2 bridgehead atoms. The minimum Gasteiger partial charge on any atom is -0.387 e. The first-order valence-corrected chi connectivity index (χ1v) is 7.26. The Morgan fingerprint density at radius 1 is 1.35 bits per heavy atom. The molecule has 0 radical (unpaired) electrons. The van der Waals surface area contributed by atoms with Crippen LogP contribution in [-0.2, 0) is 0 Å². The Morgan fingerprint density at radius 3 is 2.82 bits per heavy atom. The zero-order valence-corrected chi connectivity index (χ0v) is 11.0. The fraction of sp³-hybridized carbons (Fsp3) is 1.00. The lowest BCUT2D eigenvalue weighted by atomic mass is 9.88. The quantitative estimate of drug-likeness (QED) is 0.769. The highest BCUT2D eigenvalue weighted by Gasteiger charge is 2.40. The van der Waals surface area contributed by atoms with Crippen LogP contribution >= 0.6 is 0 Å². The molecule has 0 amide bonds. The third kappa shape index (κ3) is 2.51. The van der Waals surface area contributed by atoms with Crippen LogP contribution in [0.5, 0.6) is 0 Å². The van der Waals surface area contributed by atoms with Crippen LogP contribution < -0.4 is 5.32 Å². The molecule has 17 heavy (non-hydrogen) atoms. The smallest absolute Gasteiger partial charge is 0.0909 e. The lowest BCUT2D eigenvalue weighted by Gasteiger charge is -2.32. The molecule has 2 N–H and O–H groups in total. The highest BCUT2D eigenvalue weighted by Crippen LogP contribution is 2.48. The number of hydrogen-bond acceptors (Lipinski definition) is 3. The van der Waals surface area contributed by atoms with Gasteiger partial charge in [0.25, 0.3) is 0 Å². The summed E-state index contributed by atoms with van der Waals surface area (Å²) in [6, 6.07) is 0. The minimum absolute atomic E-state index is 0.466. The van der Waals surface area contributed by atoms with Crippen LogP contribution in [0.4, 0.5) is 0 Å². The van der Waals surface area contributed by atoms with Gasteiger partial charge < -0.3 is 15.3 Å². The van der Waals surface area contributed by atoms with Crippen molar-refractivity contribution in [2.45, 2.75) is 37.7 Å². The van der Waals surface area contributed by atoms with Crippen molar-refractivity contribution in [2.75, 3.05) is 33.2 Å². The van der Waals surface area contributed by atoms with Crippen molar-refractivity contribution in [1.29, 1.82) is 0 Å². The van der Waals surface area contributed by atoms with Gasteiger partial charge in [-0.2, -0.15) is 0 Å². The molecule has 0 spiro atoms. The summed E-state index contributed by atoms with van der Waals surface area (Å²) in [5.74, 6) is 2.95. The fourth-order valence-corrected chi connectivity index (χ4v) is 4.43. The normalized spacial score (nSPS) is 45.0. The van der Waals surface area contributed by atoms with Crippen molar-refractivity contribution >= 4 is 0 Å². The molecule has 4 atom stereocenters. The number of β-amino-alcohol motifs (C(OH)–C–C–N with tert-alkyl or cyclic N) is 1. The largest absolute Gasteiger partial charge is 0.387 e. The van der Waals surface area contributed by atoms with Crippen molar-refractivity contribution in [2.24, 2.45) is 17.8 Å². The van der Waals surface area contributed by atoms with Gasteiger partial charge in [-0.05, 0) is 57.0 Å². The molecular formula is C14H26N2O. The molecule has 1 aliphatic heterocycles. The Balaban J connectivity index is 1.48. The van der Waals surface area contributed by atoms with E-state index in [2.05, 4.69) is 17.3 Å². The molecule has 3 fully saturated rings. The average Bonchev–Trinajstić information content (AvgIpc) is 2.93. The van der Waals surface area contributed by atoms with E-state index in [1.54, 1.807) is 0 Å². The first-order valence-electron chi connectivity index (χ1n) is 7.26. The molecule has 1 heterocycles. The molecule has 2 aliphatic carbocycles. The van der Waals surface area contributed by atoms with Crippen LogP contribution in [0.3, 0.4) is 0 Å². The van der Waals surface area contributed by atoms with Gasteiger partial charge in [-0.3, -0.25) is 0 Å². The Morgan fingerprint density at radius 2 is 2.24 bits per heavy atom. The number of nitrogens with one attached hydrogen (secondary N) is 1. The van der Waals surface area contributed by atoms with Gasteiger partial charge in [-0.1, -0.05) is 6.42 Å². The Kier molecular flexibility index (Phi) is 3.18. The third-order valence-corrected chi connectivity index (χ3v) is 5.22. The summed E-state index contributed by atoms with van der Waals surface area (Å²) in [4.78, 5) is 2.37. The van der Waals surface area contributed by atoms with E-state index in [1.165, 1.54) is 32.2 Å². The van der Waals surface area contributed by atoms with Crippen LogP contribution in [0.25, 0.3) is 0 Å². The van der Waals surface area contributed by atoms with E-state index < -0.39 is 5.60 Å². The van der Waals surface area contributed by atoms with E-state index in [0.717, 1.165) is 43.8 Å². The van der Waals surface area contributed by atoms with Crippen molar-refractivity contribution < 1.29 is 5.11 Å². The lowest BCUT2D eigenvalue weighted by Crippen LogP contribution is -2.44. The summed E-state index contributed by atoms with van der Waals surface area (Å²) in [7, 11) is 2.18. The molecule has 3 heteroatoms. The zero-order valence-electron chi connectivity index (χ0n) is 11.0. The zero-order chi connectivity index (χ0) is 11.9. The first-order chi connectivity index (χ1) is 8.15. The number of likely N-dealkylation sites (N-methyl/N-ethyl adjacent to an activating group) is 1.